The average Bonchev–Trinajstić information content (AvgIpc) is 2.15. The summed E-state index contributed by atoms with van der Waals surface area (Å²) < 4.78 is 5.25. The van der Waals surface area contributed by atoms with E-state index in [1.54, 1.807) is 11.2 Å². The van der Waals surface area contributed by atoms with Crippen LogP contribution in [0.25, 0.3) is 0 Å². The smallest absolute Gasteiger partial charge is 0.0594 e. The number of hydrogen-bond donors (Lipinski definition) is 2. The van der Waals surface area contributed by atoms with Gasteiger partial charge in [-0.2, -0.15) is 0 Å². The lowest BCUT2D eigenvalue weighted by atomic mass is 10.4. The van der Waals surface area contributed by atoms with E-state index in [9.17, 15) is 0 Å². The summed E-state index contributed by atoms with van der Waals surface area (Å²) in [6.07, 6.45) is 1.75. The Hall–Kier alpha value is -0.780. The molecule has 0 radical (unpaired) electrons. The first kappa shape index (κ1) is 11.3. The predicted molar refractivity (Wildman–Crippen MR) is 56.1 cm³/mol. The normalized spacial score (nSPS) is 19.7. The van der Waals surface area contributed by atoms with Crippen LogP contribution < -0.4 is 11.6 Å². The summed E-state index contributed by atoms with van der Waals surface area (Å²) in [5.74, 6) is 5.71. The zero-order valence-corrected chi connectivity index (χ0v) is 8.78. The van der Waals surface area contributed by atoms with Gasteiger partial charge in [0.25, 0.3) is 0 Å². The van der Waals surface area contributed by atoms with Crippen molar-refractivity contribution in [2.45, 2.75) is 6.92 Å². The Balaban J connectivity index is 2.15. The fraction of sp³-hybridized carbons (Fsp3) is 0.778. The molecule has 0 amide bonds. The van der Waals surface area contributed by atoms with Crippen LogP contribution in [0.4, 0.5) is 0 Å². The van der Waals surface area contributed by atoms with E-state index >= 15 is 0 Å². The maximum absolute atomic E-state index is 5.71. The SMILES string of the molecule is C/C(N)=C/N(N)CCN1CCOCC1. The molecule has 0 atom stereocenters. The van der Waals surface area contributed by atoms with Gasteiger partial charge in [0.05, 0.1) is 13.2 Å². The number of allylic oxidation sites excluding steroid dienone is 1. The van der Waals surface area contributed by atoms with Crippen LogP contribution in [0.3, 0.4) is 0 Å². The summed E-state index contributed by atoms with van der Waals surface area (Å²) in [5, 5.41) is 1.63. The average molecular weight is 200 g/mol. The molecule has 0 aliphatic carbocycles. The van der Waals surface area contributed by atoms with Gasteiger partial charge in [-0.3, -0.25) is 4.90 Å². The topological polar surface area (TPSA) is 67.8 Å². The molecule has 0 aromatic heterocycles. The van der Waals surface area contributed by atoms with Crippen LogP contribution in [0.5, 0.6) is 0 Å². The van der Waals surface area contributed by atoms with Crippen molar-refractivity contribution in [3.63, 3.8) is 0 Å². The highest BCUT2D eigenvalue weighted by Gasteiger charge is 2.09. The predicted octanol–water partition coefficient (Wildman–Crippen LogP) is -0.686. The molecule has 0 aromatic rings. The molecule has 82 valence electrons. The van der Waals surface area contributed by atoms with Gasteiger partial charge in [-0.25, -0.2) is 5.84 Å². The molecule has 5 heteroatoms. The molecule has 4 N–H and O–H groups in total. The largest absolute Gasteiger partial charge is 0.401 e. The van der Waals surface area contributed by atoms with Crippen molar-refractivity contribution in [1.29, 1.82) is 0 Å². The highest BCUT2D eigenvalue weighted by Crippen LogP contribution is 1.96. The van der Waals surface area contributed by atoms with Gasteiger partial charge in [-0.1, -0.05) is 0 Å². The minimum Gasteiger partial charge on any atom is -0.401 e. The van der Waals surface area contributed by atoms with E-state index in [1.165, 1.54) is 0 Å². The molecular formula is C9H20N4O. The Morgan fingerprint density at radius 2 is 2.14 bits per heavy atom. The maximum Gasteiger partial charge on any atom is 0.0594 e. The van der Waals surface area contributed by atoms with Crippen LogP contribution in [0, 0.1) is 0 Å². The molecule has 0 saturated carbocycles. The van der Waals surface area contributed by atoms with Crippen molar-refractivity contribution in [2.24, 2.45) is 11.6 Å². The van der Waals surface area contributed by atoms with Crippen molar-refractivity contribution in [2.75, 3.05) is 39.4 Å². The molecule has 14 heavy (non-hydrogen) atoms. The van der Waals surface area contributed by atoms with Gasteiger partial charge in [-0.05, 0) is 6.92 Å². The third-order valence-corrected chi connectivity index (χ3v) is 2.15. The number of nitrogens with two attached hydrogens (primary N) is 2. The zero-order chi connectivity index (χ0) is 10.4. The van der Waals surface area contributed by atoms with Gasteiger partial charge in [0, 0.05) is 38.1 Å². The van der Waals surface area contributed by atoms with E-state index in [-0.39, 0.29) is 0 Å². The van der Waals surface area contributed by atoms with Crippen molar-refractivity contribution in [3.05, 3.63) is 11.9 Å². The van der Waals surface area contributed by atoms with Gasteiger partial charge in [0.1, 0.15) is 0 Å². The Labute approximate surface area is 85.2 Å². The van der Waals surface area contributed by atoms with Crippen LogP contribution in [-0.4, -0.2) is 49.3 Å². The lowest BCUT2D eigenvalue weighted by Crippen LogP contribution is -2.42. The number of hydrazine groups is 1. The summed E-state index contributed by atoms with van der Waals surface area (Å²) in [7, 11) is 0. The van der Waals surface area contributed by atoms with Crippen LogP contribution in [0.1, 0.15) is 6.92 Å². The number of hydrogen-bond acceptors (Lipinski definition) is 5. The van der Waals surface area contributed by atoms with E-state index < -0.39 is 0 Å². The number of nitrogens with zero attached hydrogens (tertiary/aromatic N) is 2. The van der Waals surface area contributed by atoms with Crippen molar-refractivity contribution < 1.29 is 4.74 Å². The summed E-state index contributed by atoms with van der Waals surface area (Å²) >= 11 is 0. The Morgan fingerprint density at radius 3 is 2.71 bits per heavy atom. The molecule has 0 spiro atoms. The summed E-state index contributed by atoms with van der Waals surface area (Å²) in [4.78, 5) is 2.34. The maximum atomic E-state index is 5.71. The second-order valence-electron chi connectivity index (χ2n) is 3.56. The minimum absolute atomic E-state index is 0.731. The van der Waals surface area contributed by atoms with Gasteiger partial charge in [-0.15, -0.1) is 0 Å². The third kappa shape index (κ3) is 4.45. The van der Waals surface area contributed by atoms with Gasteiger partial charge < -0.3 is 15.5 Å². The highest BCUT2D eigenvalue weighted by atomic mass is 16.5. The zero-order valence-electron chi connectivity index (χ0n) is 8.78. The molecule has 5 nitrogen and oxygen atoms in total. The molecule has 1 aliphatic rings. The van der Waals surface area contributed by atoms with E-state index in [2.05, 4.69) is 4.90 Å². The molecule has 0 unspecified atom stereocenters. The van der Waals surface area contributed by atoms with Crippen molar-refractivity contribution in [1.82, 2.24) is 9.91 Å². The fourth-order valence-corrected chi connectivity index (χ4v) is 1.41. The molecule has 0 aromatic carbocycles. The Kier molecular flexibility index (Phi) is 4.72. The second kappa shape index (κ2) is 5.85. The van der Waals surface area contributed by atoms with E-state index in [1.807, 2.05) is 6.92 Å². The van der Waals surface area contributed by atoms with E-state index in [0.29, 0.717) is 0 Å². The Morgan fingerprint density at radius 1 is 1.50 bits per heavy atom. The van der Waals surface area contributed by atoms with Crippen molar-refractivity contribution in [3.8, 4) is 0 Å². The molecule has 1 rings (SSSR count). The first-order valence-corrected chi connectivity index (χ1v) is 4.94. The highest BCUT2D eigenvalue weighted by molar-refractivity contribution is 4.89. The fourth-order valence-electron chi connectivity index (χ4n) is 1.41. The van der Waals surface area contributed by atoms with Gasteiger partial charge in [0.15, 0.2) is 0 Å². The lowest BCUT2D eigenvalue weighted by Gasteiger charge is -2.28. The quantitative estimate of drug-likeness (QED) is 0.464. The number of ether oxygens (including phenoxy) is 1. The summed E-state index contributed by atoms with van der Waals surface area (Å²) in [6, 6.07) is 0. The van der Waals surface area contributed by atoms with Crippen LogP contribution in [-0.2, 0) is 4.74 Å². The third-order valence-electron chi connectivity index (χ3n) is 2.15. The Bertz CT molecular complexity index is 185. The molecule has 1 aliphatic heterocycles. The lowest BCUT2D eigenvalue weighted by molar-refractivity contribution is 0.0352. The van der Waals surface area contributed by atoms with Gasteiger partial charge in [0.2, 0.25) is 0 Å². The number of morpholine rings is 1. The molecular weight excluding hydrogens is 180 g/mol. The van der Waals surface area contributed by atoms with E-state index in [0.717, 1.165) is 45.1 Å². The van der Waals surface area contributed by atoms with Crippen molar-refractivity contribution >= 4 is 0 Å². The van der Waals surface area contributed by atoms with E-state index in [4.69, 9.17) is 16.3 Å². The first-order chi connectivity index (χ1) is 6.68. The minimum atomic E-state index is 0.731. The van der Waals surface area contributed by atoms with Gasteiger partial charge >= 0.3 is 0 Å². The molecule has 1 saturated heterocycles. The van der Waals surface area contributed by atoms with Crippen LogP contribution >= 0.6 is 0 Å². The van der Waals surface area contributed by atoms with Crippen LogP contribution in [0.2, 0.25) is 0 Å². The summed E-state index contributed by atoms with van der Waals surface area (Å²) in [6.45, 7) is 7.25. The number of rotatable bonds is 4. The van der Waals surface area contributed by atoms with Crippen LogP contribution in [0.15, 0.2) is 11.9 Å². The monoisotopic (exact) mass is 200 g/mol. The standard InChI is InChI=1S/C9H20N4O/c1-9(10)8-13(11)3-2-12-4-6-14-7-5-12/h8H,2-7,10-11H2,1H3/b9-8-. The second-order valence-corrected chi connectivity index (χ2v) is 3.56. The molecule has 1 heterocycles. The molecule has 1 fully saturated rings. The first-order valence-electron chi connectivity index (χ1n) is 4.94. The molecule has 0 bridgehead atoms. The summed E-state index contributed by atoms with van der Waals surface area (Å²) in [5.41, 5.74) is 6.24.